The highest BCUT2D eigenvalue weighted by molar-refractivity contribution is 6.31. The molecular formula is C22H19ClF4N8O2. The van der Waals surface area contributed by atoms with Crippen LogP contribution >= 0.6 is 11.6 Å². The normalized spacial score (nSPS) is 12.6. The zero-order valence-corrected chi connectivity index (χ0v) is 19.9. The van der Waals surface area contributed by atoms with Crippen molar-refractivity contribution < 1.29 is 17.6 Å². The van der Waals surface area contributed by atoms with E-state index in [0.29, 0.717) is 12.8 Å². The Hall–Kier alpha value is -4.07. The number of nitrogens with two attached hydrogens (primary N) is 1. The minimum atomic E-state index is -4.86. The van der Waals surface area contributed by atoms with Gasteiger partial charge in [-0.1, -0.05) is 11.6 Å². The summed E-state index contributed by atoms with van der Waals surface area (Å²) in [6.45, 7) is 1.81. The fourth-order valence-corrected chi connectivity index (χ4v) is 3.84. The van der Waals surface area contributed by atoms with E-state index in [1.165, 1.54) is 23.2 Å². The van der Waals surface area contributed by atoms with Gasteiger partial charge >= 0.3 is 6.18 Å². The number of anilines is 2. The molecule has 37 heavy (non-hydrogen) atoms. The van der Waals surface area contributed by atoms with Gasteiger partial charge in [-0.3, -0.25) is 14.2 Å². The SMILES string of the molecule is CC(CCCn1cnc2cc(-c3cnc(Cl)c(N)n3)c(F)cc2c1=O)Nc1cn[nH]c(=O)c1C(F)(F)F. The topological polar surface area (TPSA) is 144 Å². The Kier molecular flexibility index (Phi) is 7.12. The number of hydrogen-bond acceptors (Lipinski definition) is 8. The van der Waals surface area contributed by atoms with Crippen LogP contribution in [0.25, 0.3) is 22.2 Å². The number of nitrogens with one attached hydrogen (secondary N) is 2. The zero-order valence-electron chi connectivity index (χ0n) is 19.1. The third-order valence-electron chi connectivity index (χ3n) is 5.52. The van der Waals surface area contributed by atoms with Crippen molar-refractivity contribution in [2.24, 2.45) is 0 Å². The van der Waals surface area contributed by atoms with Crippen molar-refractivity contribution in [3.63, 3.8) is 0 Å². The monoisotopic (exact) mass is 538 g/mol. The Labute approximate surface area is 210 Å². The molecule has 4 N–H and O–H groups in total. The highest BCUT2D eigenvalue weighted by Crippen LogP contribution is 2.32. The molecule has 10 nitrogen and oxygen atoms in total. The maximum Gasteiger partial charge on any atom is 0.423 e. The first-order valence-electron chi connectivity index (χ1n) is 10.8. The van der Waals surface area contributed by atoms with Crippen LogP contribution in [-0.2, 0) is 12.7 Å². The molecule has 0 saturated carbocycles. The van der Waals surface area contributed by atoms with Gasteiger partial charge in [-0.2, -0.15) is 18.3 Å². The van der Waals surface area contributed by atoms with Gasteiger partial charge in [0.05, 0.1) is 41.0 Å². The van der Waals surface area contributed by atoms with E-state index in [0.717, 1.165) is 12.3 Å². The van der Waals surface area contributed by atoms with E-state index in [9.17, 15) is 27.2 Å². The predicted octanol–water partition coefficient (Wildman–Crippen LogP) is 3.61. The van der Waals surface area contributed by atoms with E-state index < -0.39 is 40.4 Å². The molecule has 0 radical (unpaired) electrons. The predicted molar refractivity (Wildman–Crippen MR) is 129 cm³/mol. The fraction of sp³-hybridized carbons (Fsp3) is 0.273. The average Bonchev–Trinajstić information content (AvgIpc) is 2.81. The summed E-state index contributed by atoms with van der Waals surface area (Å²) in [5, 5.41) is 7.84. The second-order valence-electron chi connectivity index (χ2n) is 8.20. The molecular weight excluding hydrogens is 520 g/mol. The number of hydrogen-bond donors (Lipinski definition) is 3. The number of H-pyrrole nitrogens is 1. The van der Waals surface area contributed by atoms with Crippen LogP contribution in [0.5, 0.6) is 0 Å². The first-order chi connectivity index (χ1) is 17.5. The van der Waals surface area contributed by atoms with E-state index in [1.54, 1.807) is 12.0 Å². The molecule has 3 heterocycles. The molecule has 1 aromatic carbocycles. The molecule has 0 saturated heterocycles. The number of halogens is 5. The van der Waals surface area contributed by atoms with Crippen LogP contribution in [-0.4, -0.2) is 35.8 Å². The van der Waals surface area contributed by atoms with Crippen molar-refractivity contribution in [2.75, 3.05) is 11.1 Å². The van der Waals surface area contributed by atoms with Gasteiger partial charge in [0.1, 0.15) is 11.4 Å². The Balaban J connectivity index is 1.48. The largest absolute Gasteiger partial charge is 0.423 e. The van der Waals surface area contributed by atoms with E-state index >= 15 is 0 Å². The zero-order chi connectivity index (χ0) is 26.9. The van der Waals surface area contributed by atoms with Crippen molar-refractivity contribution in [3.8, 4) is 11.3 Å². The molecule has 15 heteroatoms. The maximum atomic E-state index is 14.8. The summed E-state index contributed by atoms with van der Waals surface area (Å²) < 4.78 is 55.7. The van der Waals surface area contributed by atoms with Gasteiger partial charge in [-0.25, -0.2) is 24.4 Å². The van der Waals surface area contributed by atoms with Crippen LogP contribution in [0.1, 0.15) is 25.3 Å². The Bertz CT molecular complexity index is 1590. The lowest BCUT2D eigenvalue weighted by Crippen LogP contribution is -2.27. The molecule has 1 unspecified atom stereocenters. The molecule has 0 amide bonds. The lowest BCUT2D eigenvalue weighted by molar-refractivity contribution is -0.138. The molecule has 0 bridgehead atoms. The summed E-state index contributed by atoms with van der Waals surface area (Å²) in [4.78, 5) is 36.6. The molecule has 3 aromatic heterocycles. The summed E-state index contributed by atoms with van der Waals surface area (Å²) in [7, 11) is 0. The number of rotatable bonds is 7. The van der Waals surface area contributed by atoms with Crippen LogP contribution in [0.4, 0.5) is 29.1 Å². The second-order valence-corrected chi connectivity index (χ2v) is 8.55. The van der Waals surface area contributed by atoms with Crippen molar-refractivity contribution in [2.45, 2.75) is 38.5 Å². The Morgan fingerprint density at radius 1 is 1.22 bits per heavy atom. The van der Waals surface area contributed by atoms with Gasteiger partial charge in [0.2, 0.25) is 0 Å². The van der Waals surface area contributed by atoms with Crippen LogP contribution in [0, 0.1) is 5.82 Å². The molecule has 1 atom stereocenters. The third kappa shape index (κ3) is 5.53. The summed E-state index contributed by atoms with van der Waals surface area (Å²) in [5.74, 6) is -0.805. The standard InChI is InChI=1S/C22H19ClF4N8O2/c1-10(32-16-8-31-34-20(36)17(16)22(25,26)27)3-2-4-35-9-30-14-6-11(13(24)5-12(14)21(35)37)15-7-29-18(23)19(28)33-15/h5-10H,2-4H2,1H3,(H2,28,33)(H2,32,34,36). The van der Waals surface area contributed by atoms with Gasteiger partial charge < -0.3 is 11.1 Å². The van der Waals surface area contributed by atoms with Crippen LogP contribution in [0.2, 0.25) is 5.15 Å². The minimum absolute atomic E-state index is 0.0228. The van der Waals surface area contributed by atoms with Gasteiger partial charge in [0, 0.05) is 18.2 Å². The molecule has 4 aromatic rings. The molecule has 0 aliphatic rings. The van der Waals surface area contributed by atoms with Crippen molar-refractivity contribution in [3.05, 3.63) is 68.1 Å². The molecule has 0 aliphatic carbocycles. The first-order valence-corrected chi connectivity index (χ1v) is 11.2. The van der Waals surface area contributed by atoms with Crippen LogP contribution in [0.3, 0.4) is 0 Å². The number of alkyl halides is 3. The highest BCUT2D eigenvalue weighted by atomic mass is 35.5. The number of fused-ring (bicyclic) bond motifs is 1. The number of nitrogen functional groups attached to an aromatic ring is 1. The van der Waals surface area contributed by atoms with E-state index in [-0.39, 0.29) is 39.7 Å². The van der Waals surface area contributed by atoms with Gasteiger partial charge in [-0.15, -0.1) is 0 Å². The van der Waals surface area contributed by atoms with Gasteiger partial charge in [-0.05, 0) is 31.9 Å². The number of benzene rings is 1. The second kappa shape index (κ2) is 10.1. The van der Waals surface area contributed by atoms with Crippen molar-refractivity contribution >= 4 is 34.0 Å². The fourth-order valence-electron chi connectivity index (χ4n) is 3.75. The van der Waals surface area contributed by atoms with Crippen molar-refractivity contribution in [1.82, 2.24) is 29.7 Å². The quantitative estimate of drug-likeness (QED) is 0.303. The first kappa shape index (κ1) is 26.0. The minimum Gasteiger partial charge on any atom is -0.381 e. The molecule has 4 rings (SSSR count). The number of nitrogens with zero attached hydrogens (tertiary/aromatic N) is 5. The lowest BCUT2D eigenvalue weighted by Gasteiger charge is -2.18. The van der Waals surface area contributed by atoms with E-state index in [4.69, 9.17) is 17.3 Å². The molecule has 0 aliphatic heterocycles. The van der Waals surface area contributed by atoms with E-state index in [1.807, 2.05) is 0 Å². The smallest absolute Gasteiger partial charge is 0.381 e. The third-order valence-corrected chi connectivity index (χ3v) is 5.81. The summed E-state index contributed by atoms with van der Waals surface area (Å²) in [6, 6.07) is 1.92. The lowest BCUT2D eigenvalue weighted by atomic mass is 10.1. The number of aromatic nitrogens is 6. The maximum absolute atomic E-state index is 14.8. The summed E-state index contributed by atoms with van der Waals surface area (Å²) in [6.07, 6.45) is -0.693. The Morgan fingerprint density at radius 2 is 1.97 bits per heavy atom. The molecule has 0 fully saturated rings. The average molecular weight is 539 g/mol. The van der Waals surface area contributed by atoms with Crippen LogP contribution < -0.4 is 22.2 Å². The van der Waals surface area contributed by atoms with E-state index in [2.05, 4.69) is 25.4 Å². The van der Waals surface area contributed by atoms with Crippen molar-refractivity contribution in [1.29, 1.82) is 0 Å². The summed E-state index contributed by atoms with van der Waals surface area (Å²) in [5.41, 5.74) is 2.39. The Morgan fingerprint density at radius 3 is 2.68 bits per heavy atom. The molecule has 194 valence electrons. The number of aryl methyl sites for hydroxylation is 1. The van der Waals surface area contributed by atoms with Crippen LogP contribution in [0.15, 0.2) is 40.4 Å². The van der Waals surface area contributed by atoms with Gasteiger partial charge in [0.15, 0.2) is 11.0 Å². The highest BCUT2D eigenvalue weighted by Gasteiger charge is 2.37. The number of aromatic amines is 1. The summed E-state index contributed by atoms with van der Waals surface area (Å²) >= 11 is 5.76. The van der Waals surface area contributed by atoms with Gasteiger partial charge in [0.25, 0.3) is 11.1 Å². The molecule has 0 spiro atoms.